The molecule has 0 amide bonds. The Morgan fingerprint density at radius 3 is 2.55 bits per heavy atom. The van der Waals surface area contributed by atoms with Gasteiger partial charge >= 0.3 is 5.97 Å². The molecular weight excluding hydrogens is 272 g/mol. The summed E-state index contributed by atoms with van der Waals surface area (Å²) in [6.07, 6.45) is 3.93. The molecule has 0 spiro atoms. The summed E-state index contributed by atoms with van der Waals surface area (Å²) < 4.78 is 6.39. The fourth-order valence-corrected chi connectivity index (χ4v) is 2.38. The molecule has 0 N–H and O–H groups in total. The first-order valence-electron chi connectivity index (χ1n) is 6.31. The highest BCUT2D eigenvalue weighted by Gasteiger charge is 2.15. The van der Waals surface area contributed by atoms with Gasteiger partial charge in [-0.15, -0.1) is 0 Å². The lowest BCUT2D eigenvalue weighted by Gasteiger charge is -2.08. The van der Waals surface area contributed by atoms with E-state index in [1.165, 1.54) is 12.7 Å². The number of thioether (sulfide) groups is 1. The van der Waals surface area contributed by atoms with Gasteiger partial charge in [0.25, 0.3) is 0 Å². The van der Waals surface area contributed by atoms with Crippen molar-refractivity contribution in [2.45, 2.75) is 12.2 Å². The summed E-state index contributed by atoms with van der Waals surface area (Å²) in [6.45, 7) is 2.18. The molecule has 0 fully saturated rings. The molecule has 1 aromatic carbocycles. The molecule has 106 valence electrons. The molecule has 0 aliphatic rings. The summed E-state index contributed by atoms with van der Waals surface area (Å²) in [5.74, 6) is -0.115. The van der Waals surface area contributed by atoms with Gasteiger partial charge in [0.05, 0.1) is 12.8 Å². The molecule has 4 nitrogen and oxygen atoms in total. The summed E-state index contributed by atoms with van der Waals surface area (Å²) in [5, 5.41) is 0.471. The van der Waals surface area contributed by atoms with Crippen LogP contribution in [-0.4, -0.2) is 28.9 Å². The number of aryl methyl sites for hydroxylation is 1. The minimum Gasteiger partial charge on any atom is -0.463 e. The van der Waals surface area contributed by atoms with Crippen LogP contribution in [0.1, 0.15) is 28.4 Å². The molecule has 2 rings (SSSR count). The van der Waals surface area contributed by atoms with Crippen molar-refractivity contribution < 1.29 is 9.53 Å². The standard InChI is InChI=1S/C15H18N2O2S/c1-10(20-4)11-5-7-12(8-6-11)13-9-17(2)14(16-13)15(18)19-3/h5-10H,1-4H3. The van der Waals surface area contributed by atoms with Crippen molar-refractivity contribution in [3.05, 3.63) is 41.9 Å². The topological polar surface area (TPSA) is 44.1 Å². The highest BCUT2D eigenvalue weighted by molar-refractivity contribution is 7.98. The van der Waals surface area contributed by atoms with E-state index in [-0.39, 0.29) is 0 Å². The van der Waals surface area contributed by atoms with Gasteiger partial charge in [-0.1, -0.05) is 24.3 Å². The number of rotatable bonds is 4. The molecule has 20 heavy (non-hydrogen) atoms. The largest absolute Gasteiger partial charge is 0.463 e. The first kappa shape index (κ1) is 14.7. The molecular formula is C15H18N2O2S. The van der Waals surface area contributed by atoms with Crippen molar-refractivity contribution in [3.8, 4) is 11.3 Å². The van der Waals surface area contributed by atoms with Gasteiger partial charge in [-0.05, 0) is 18.7 Å². The summed E-state index contributed by atoms with van der Waals surface area (Å²) in [4.78, 5) is 15.9. The van der Waals surface area contributed by atoms with Crippen LogP contribution in [0.2, 0.25) is 0 Å². The second kappa shape index (κ2) is 6.13. The second-order valence-corrected chi connectivity index (χ2v) is 5.73. The van der Waals surface area contributed by atoms with E-state index in [0.29, 0.717) is 11.1 Å². The number of imidazole rings is 1. The molecule has 5 heteroatoms. The summed E-state index contributed by atoms with van der Waals surface area (Å²) in [5.41, 5.74) is 3.05. The van der Waals surface area contributed by atoms with Crippen LogP contribution < -0.4 is 0 Å². The van der Waals surface area contributed by atoms with E-state index in [1.807, 2.05) is 30.1 Å². The molecule has 1 unspecified atom stereocenters. The Balaban J connectivity index is 2.30. The SMILES string of the molecule is COC(=O)c1nc(-c2ccc(C(C)SC)cc2)cn1C. The van der Waals surface area contributed by atoms with E-state index < -0.39 is 5.97 Å². The van der Waals surface area contributed by atoms with Gasteiger partial charge in [0, 0.05) is 24.1 Å². The maximum Gasteiger partial charge on any atom is 0.374 e. The van der Waals surface area contributed by atoms with Gasteiger partial charge in [-0.3, -0.25) is 0 Å². The molecule has 0 saturated heterocycles. The number of nitrogens with zero attached hydrogens (tertiary/aromatic N) is 2. The predicted octanol–water partition coefficient (Wildman–Crippen LogP) is 3.30. The Kier molecular flexibility index (Phi) is 4.49. The molecule has 1 heterocycles. The molecule has 0 bridgehead atoms. The highest BCUT2D eigenvalue weighted by atomic mass is 32.2. The van der Waals surface area contributed by atoms with Crippen molar-refractivity contribution >= 4 is 17.7 Å². The maximum atomic E-state index is 11.6. The number of aromatic nitrogens is 2. The van der Waals surface area contributed by atoms with Gasteiger partial charge in [0.15, 0.2) is 0 Å². The zero-order valence-electron chi connectivity index (χ0n) is 12.1. The number of hydrogen-bond donors (Lipinski definition) is 0. The van der Waals surface area contributed by atoms with E-state index >= 15 is 0 Å². The van der Waals surface area contributed by atoms with Crippen LogP contribution in [-0.2, 0) is 11.8 Å². The third kappa shape index (κ3) is 2.88. The van der Waals surface area contributed by atoms with Gasteiger partial charge in [-0.25, -0.2) is 9.78 Å². The lowest BCUT2D eigenvalue weighted by molar-refractivity contribution is 0.0583. The van der Waals surface area contributed by atoms with Crippen LogP contribution in [0, 0.1) is 0 Å². The minimum atomic E-state index is -0.425. The van der Waals surface area contributed by atoms with E-state index in [2.05, 4.69) is 30.3 Å². The van der Waals surface area contributed by atoms with Crippen LogP contribution in [0.3, 0.4) is 0 Å². The van der Waals surface area contributed by atoms with Crippen LogP contribution in [0.4, 0.5) is 0 Å². The third-order valence-electron chi connectivity index (χ3n) is 3.27. The lowest BCUT2D eigenvalue weighted by Crippen LogP contribution is -2.08. The molecule has 1 aromatic heterocycles. The summed E-state index contributed by atoms with van der Waals surface area (Å²) >= 11 is 1.81. The number of methoxy groups -OCH3 is 1. The highest BCUT2D eigenvalue weighted by Crippen LogP contribution is 2.27. The minimum absolute atomic E-state index is 0.309. The van der Waals surface area contributed by atoms with Gasteiger partial charge in [-0.2, -0.15) is 11.8 Å². The molecule has 0 aliphatic heterocycles. The lowest BCUT2D eigenvalue weighted by atomic mass is 10.1. The van der Waals surface area contributed by atoms with Gasteiger partial charge in [0.1, 0.15) is 0 Å². The van der Waals surface area contributed by atoms with Crippen molar-refractivity contribution in [2.24, 2.45) is 7.05 Å². The van der Waals surface area contributed by atoms with Crippen LogP contribution in [0.5, 0.6) is 0 Å². The monoisotopic (exact) mass is 290 g/mol. The van der Waals surface area contributed by atoms with Crippen molar-refractivity contribution in [1.29, 1.82) is 0 Å². The Morgan fingerprint density at radius 1 is 1.35 bits per heavy atom. The van der Waals surface area contributed by atoms with E-state index in [0.717, 1.165) is 11.3 Å². The number of hydrogen-bond acceptors (Lipinski definition) is 4. The van der Waals surface area contributed by atoms with E-state index in [4.69, 9.17) is 4.74 Å². The summed E-state index contributed by atoms with van der Waals surface area (Å²) in [6, 6.07) is 8.27. The first-order chi connectivity index (χ1) is 9.56. The Hall–Kier alpha value is -1.75. The smallest absolute Gasteiger partial charge is 0.374 e. The first-order valence-corrected chi connectivity index (χ1v) is 7.60. The maximum absolute atomic E-state index is 11.6. The molecule has 2 aromatic rings. The average Bonchev–Trinajstić information content (AvgIpc) is 2.87. The number of carbonyl (C=O) groups is 1. The fraction of sp³-hybridized carbons (Fsp3) is 0.333. The second-order valence-electron chi connectivity index (χ2n) is 4.55. The zero-order valence-corrected chi connectivity index (χ0v) is 12.9. The third-order valence-corrected chi connectivity index (χ3v) is 4.25. The number of ether oxygens (including phenoxy) is 1. The molecule has 1 atom stereocenters. The molecule has 0 saturated carbocycles. The Bertz CT molecular complexity index is 605. The molecule has 0 radical (unpaired) electrons. The van der Waals surface area contributed by atoms with E-state index in [9.17, 15) is 4.79 Å². The summed E-state index contributed by atoms with van der Waals surface area (Å²) in [7, 11) is 3.14. The zero-order chi connectivity index (χ0) is 14.7. The molecule has 0 aliphatic carbocycles. The van der Waals surface area contributed by atoms with Crippen molar-refractivity contribution in [1.82, 2.24) is 9.55 Å². The van der Waals surface area contributed by atoms with Gasteiger partial charge < -0.3 is 9.30 Å². The number of carbonyl (C=O) groups excluding carboxylic acids is 1. The quantitative estimate of drug-likeness (QED) is 0.810. The van der Waals surface area contributed by atoms with Crippen LogP contribution in [0.15, 0.2) is 30.5 Å². The fourth-order valence-electron chi connectivity index (χ4n) is 1.95. The predicted molar refractivity (Wildman–Crippen MR) is 81.9 cm³/mol. The van der Waals surface area contributed by atoms with Gasteiger partial charge in [0.2, 0.25) is 5.82 Å². The number of benzene rings is 1. The Labute approximate surface area is 123 Å². The van der Waals surface area contributed by atoms with Crippen molar-refractivity contribution in [2.75, 3.05) is 13.4 Å². The average molecular weight is 290 g/mol. The Morgan fingerprint density at radius 2 is 2.00 bits per heavy atom. The van der Waals surface area contributed by atoms with Crippen LogP contribution >= 0.6 is 11.8 Å². The number of esters is 1. The normalized spacial score (nSPS) is 12.2. The van der Waals surface area contributed by atoms with Crippen molar-refractivity contribution in [3.63, 3.8) is 0 Å². The van der Waals surface area contributed by atoms with Crippen LogP contribution in [0.25, 0.3) is 11.3 Å². The van der Waals surface area contributed by atoms with E-state index in [1.54, 1.807) is 11.6 Å².